The van der Waals surface area contributed by atoms with Gasteiger partial charge in [-0.25, -0.2) is 0 Å². The van der Waals surface area contributed by atoms with Crippen LogP contribution in [-0.2, 0) is 33.6 Å². The van der Waals surface area contributed by atoms with Gasteiger partial charge >= 0.3 is 0 Å². The summed E-state index contributed by atoms with van der Waals surface area (Å²) < 4.78 is 85.0. The molecule has 0 aliphatic heterocycles. The summed E-state index contributed by atoms with van der Waals surface area (Å²) in [6.07, 6.45) is 0.285. The molecule has 2 aromatic rings. The van der Waals surface area contributed by atoms with Gasteiger partial charge in [-0.3, -0.25) is 8.74 Å². The smallest absolute Gasteiger partial charge is 0.297 e. The molecule has 0 aliphatic rings. The molecule has 0 fully saturated rings. The highest BCUT2D eigenvalue weighted by molar-refractivity contribution is 7.86. The fourth-order valence-electron chi connectivity index (χ4n) is 4.12. The molecule has 0 aromatic heterocycles. The van der Waals surface area contributed by atoms with Gasteiger partial charge in [0.2, 0.25) is 8.32 Å². The van der Waals surface area contributed by atoms with E-state index in [0.29, 0.717) is 22.4 Å². The van der Waals surface area contributed by atoms with Gasteiger partial charge in [-0.2, -0.15) is 16.8 Å². The molecule has 0 amide bonds. The topological polar surface area (TPSA) is 125 Å². The lowest BCUT2D eigenvalue weighted by atomic mass is 9.99. The first-order chi connectivity index (χ1) is 20.3. The Kier molecular flexibility index (Phi) is 12.9. The maximum Gasteiger partial charge on any atom is 0.297 e. The third-order valence-corrected chi connectivity index (χ3v) is 20.4. The molecule has 0 heterocycles. The zero-order valence-corrected chi connectivity index (χ0v) is 32.7. The SMILES string of the molecule is Cc1cccc(C(COCCCOS(=O)(=O)c2cccc(O[Si](C)(C)C(C)(C)C)c2C)CO[Si](C)(C)C(C)(C)C)c1S(=O)(=O)O. The Labute approximate surface area is 274 Å². The van der Waals surface area contributed by atoms with Crippen LogP contribution in [0.5, 0.6) is 5.75 Å². The second-order valence-corrected chi connectivity index (χ2v) is 27.2. The summed E-state index contributed by atoms with van der Waals surface area (Å²) in [5.74, 6) is 0.0628. The number of hydrogen-bond donors (Lipinski definition) is 1. The van der Waals surface area contributed by atoms with Crippen LogP contribution >= 0.6 is 0 Å². The van der Waals surface area contributed by atoms with E-state index in [2.05, 4.69) is 67.7 Å². The fourth-order valence-corrected chi connectivity index (χ4v) is 8.45. The number of aryl methyl sites for hydroxylation is 1. The number of ether oxygens (including phenoxy) is 1. The average molecular weight is 703 g/mol. The van der Waals surface area contributed by atoms with Crippen molar-refractivity contribution in [3.05, 3.63) is 53.1 Å². The maximum absolute atomic E-state index is 13.1. The molecule has 2 rings (SSSR count). The van der Waals surface area contributed by atoms with Gasteiger partial charge < -0.3 is 13.6 Å². The third-order valence-electron chi connectivity index (χ3n) is 9.06. The van der Waals surface area contributed by atoms with Crippen LogP contribution in [0.25, 0.3) is 0 Å². The summed E-state index contributed by atoms with van der Waals surface area (Å²) >= 11 is 0. The molecular weight excluding hydrogens is 649 g/mol. The maximum atomic E-state index is 13.1. The van der Waals surface area contributed by atoms with Crippen LogP contribution in [0.3, 0.4) is 0 Å². The zero-order chi connectivity index (χ0) is 34.6. The van der Waals surface area contributed by atoms with Crippen LogP contribution in [0.2, 0.25) is 36.3 Å². The van der Waals surface area contributed by atoms with Gasteiger partial charge in [-0.1, -0.05) is 65.8 Å². The molecular formula is C32H54O9S2Si2. The van der Waals surface area contributed by atoms with Crippen molar-refractivity contribution in [1.29, 1.82) is 0 Å². The standard InChI is InChI=1S/C32H54O9S2Si2/c1-24-16-13-17-27(30(24)42(33,34)35)26(23-40-44(9,10)31(3,4)5)22-38-20-15-21-39-43(36,37)29-19-14-18-28(25(29)2)41-45(11,12)32(6,7)8/h13-14,16-19,26H,15,20-23H2,1-12H3,(H,33,34,35). The van der Waals surface area contributed by atoms with Crippen molar-refractivity contribution >= 4 is 36.9 Å². The summed E-state index contributed by atoms with van der Waals surface area (Å²) in [5, 5.41) is -0.109. The summed E-state index contributed by atoms with van der Waals surface area (Å²) in [7, 11) is -12.9. The molecule has 1 unspecified atom stereocenters. The molecule has 0 spiro atoms. The Morgan fingerprint density at radius 3 is 1.93 bits per heavy atom. The van der Waals surface area contributed by atoms with Crippen LogP contribution in [0.1, 0.15) is 70.6 Å². The lowest BCUT2D eigenvalue weighted by Gasteiger charge is -2.37. The van der Waals surface area contributed by atoms with Crippen LogP contribution in [0.15, 0.2) is 46.2 Å². The lowest BCUT2D eigenvalue weighted by Crippen LogP contribution is -2.44. The largest absolute Gasteiger partial charge is 0.543 e. The quantitative estimate of drug-likeness (QED) is 0.0855. The summed E-state index contributed by atoms with van der Waals surface area (Å²) in [6, 6.07) is 10.0. The Bertz CT molecular complexity index is 1520. The minimum Gasteiger partial charge on any atom is -0.543 e. The third kappa shape index (κ3) is 10.5. The highest BCUT2D eigenvalue weighted by Crippen LogP contribution is 2.40. The molecule has 0 aliphatic carbocycles. The van der Waals surface area contributed by atoms with Gasteiger partial charge in [0.25, 0.3) is 20.2 Å². The van der Waals surface area contributed by atoms with Crippen molar-refractivity contribution in [2.24, 2.45) is 0 Å². The van der Waals surface area contributed by atoms with E-state index in [9.17, 15) is 21.4 Å². The van der Waals surface area contributed by atoms with Crippen LogP contribution in [0.4, 0.5) is 0 Å². The van der Waals surface area contributed by atoms with E-state index in [4.69, 9.17) is 17.8 Å². The van der Waals surface area contributed by atoms with E-state index in [1.807, 2.05) is 0 Å². The van der Waals surface area contributed by atoms with Crippen molar-refractivity contribution in [1.82, 2.24) is 0 Å². The van der Waals surface area contributed by atoms with Crippen LogP contribution in [0, 0.1) is 13.8 Å². The molecule has 13 heteroatoms. The van der Waals surface area contributed by atoms with Gasteiger partial charge in [0.05, 0.1) is 13.2 Å². The first-order valence-electron chi connectivity index (χ1n) is 15.3. The van der Waals surface area contributed by atoms with E-state index < -0.39 is 42.8 Å². The van der Waals surface area contributed by atoms with Gasteiger partial charge in [-0.05, 0) is 79.8 Å². The van der Waals surface area contributed by atoms with E-state index in [0.717, 1.165) is 0 Å². The Hall–Kier alpha value is -1.59. The van der Waals surface area contributed by atoms with E-state index in [1.165, 1.54) is 6.07 Å². The first-order valence-corrected chi connectivity index (χ1v) is 23.9. The predicted molar refractivity (Wildman–Crippen MR) is 184 cm³/mol. The number of rotatable bonds is 15. The Morgan fingerprint density at radius 1 is 0.800 bits per heavy atom. The predicted octanol–water partition coefficient (Wildman–Crippen LogP) is 7.85. The van der Waals surface area contributed by atoms with Crippen LogP contribution in [-0.4, -0.2) is 64.5 Å². The second kappa shape index (κ2) is 14.7. The Morgan fingerprint density at radius 2 is 1.38 bits per heavy atom. The molecule has 1 N–H and O–H groups in total. The monoisotopic (exact) mass is 702 g/mol. The van der Waals surface area contributed by atoms with E-state index >= 15 is 0 Å². The van der Waals surface area contributed by atoms with Crippen molar-refractivity contribution in [3.63, 3.8) is 0 Å². The molecule has 0 radical (unpaired) electrons. The van der Waals surface area contributed by atoms with Crippen LogP contribution < -0.4 is 4.43 Å². The summed E-state index contributed by atoms with van der Waals surface area (Å²) in [6.45, 7) is 24.9. The van der Waals surface area contributed by atoms with Gasteiger partial charge in [0, 0.05) is 24.7 Å². The molecule has 0 saturated carbocycles. The van der Waals surface area contributed by atoms with Crippen molar-refractivity contribution < 1.29 is 39.2 Å². The van der Waals surface area contributed by atoms with Crippen molar-refractivity contribution in [2.45, 2.75) is 114 Å². The molecule has 45 heavy (non-hydrogen) atoms. The lowest BCUT2D eigenvalue weighted by molar-refractivity contribution is 0.0912. The zero-order valence-electron chi connectivity index (χ0n) is 29.1. The van der Waals surface area contributed by atoms with E-state index in [1.54, 1.807) is 44.2 Å². The van der Waals surface area contributed by atoms with Gasteiger partial charge in [0.1, 0.15) is 15.5 Å². The number of hydrogen-bond acceptors (Lipinski definition) is 8. The molecule has 2 aromatic carbocycles. The average Bonchev–Trinajstić information content (AvgIpc) is 2.86. The van der Waals surface area contributed by atoms with Crippen molar-refractivity contribution in [3.8, 4) is 5.75 Å². The second-order valence-electron chi connectivity index (χ2n) is 14.7. The minimum absolute atomic E-state index is 0.0477. The molecule has 9 nitrogen and oxygen atoms in total. The minimum atomic E-state index is -4.49. The highest BCUT2D eigenvalue weighted by Gasteiger charge is 2.40. The normalized spacial score (nSPS) is 14.4. The number of benzene rings is 2. The highest BCUT2D eigenvalue weighted by atomic mass is 32.2. The first kappa shape index (κ1) is 39.6. The summed E-state index contributed by atoms with van der Waals surface area (Å²) in [4.78, 5) is -0.0679. The fraction of sp³-hybridized carbons (Fsp3) is 0.625. The Balaban J connectivity index is 2.12. The molecule has 0 saturated heterocycles. The van der Waals surface area contributed by atoms with Crippen molar-refractivity contribution in [2.75, 3.05) is 26.4 Å². The summed E-state index contributed by atoms with van der Waals surface area (Å²) in [5.41, 5.74) is 1.36. The van der Waals surface area contributed by atoms with Gasteiger partial charge in [-0.15, -0.1) is 0 Å². The molecule has 256 valence electrons. The molecule has 1 atom stereocenters. The molecule has 0 bridgehead atoms. The van der Waals surface area contributed by atoms with Gasteiger partial charge in [0.15, 0.2) is 8.32 Å². The van der Waals surface area contributed by atoms with E-state index in [-0.39, 0.29) is 52.7 Å².